The van der Waals surface area contributed by atoms with E-state index in [-0.39, 0.29) is 5.91 Å². The maximum Gasteiger partial charge on any atom is 0.254 e. The van der Waals surface area contributed by atoms with Crippen LogP contribution in [0.25, 0.3) is 0 Å². The number of hydrogen-bond donors (Lipinski definition) is 0. The topological polar surface area (TPSA) is 29.5 Å². The normalized spacial score (nSPS) is 23.8. The lowest BCUT2D eigenvalue weighted by Gasteiger charge is -2.35. The Morgan fingerprint density at radius 3 is 2.56 bits per heavy atom. The number of amides is 1. The summed E-state index contributed by atoms with van der Waals surface area (Å²) in [7, 11) is 1.62. The van der Waals surface area contributed by atoms with Gasteiger partial charge in [-0.2, -0.15) is 0 Å². The average Bonchev–Trinajstić information content (AvgIpc) is 2.37. The molecule has 3 nitrogen and oxygen atoms in total. The zero-order valence-corrected chi connectivity index (χ0v) is 11.3. The molecule has 1 saturated heterocycles. The van der Waals surface area contributed by atoms with Crippen LogP contribution in [0.1, 0.15) is 30.6 Å². The van der Waals surface area contributed by atoms with Crippen LogP contribution in [0.15, 0.2) is 24.3 Å². The number of methoxy groups -OCH3 is 1. The second kappa shape index (κ2) is 5.42. The molecule has 2 atom stereocenters. The number of carbonyl (C=O) groups is 1. The quantitative estimate of drug-likeness (QED) is 0.804. The van der Waals surface area contributed by atoms with Crippen LogP contribution in [0.4, 0.5) is 0 Å². The zero-order chi connectivity index (χ0) is 13.1. The van der Waals surface area contributed by atoms with E-state index in [0.29, 0.717) is 11.8 Å². The SMILES string of the molecule is COc1cccc(C(=O)N2CC(C)CC(C)C2)c1. The van der Waals surface area contributed by atoms with Gasteiger partial charge >= 0.3 is 0 Å². The van der Waals surface area contributed by atoms with Gasteiger partial charge in [0, 0.05) is 18.7 Å². The van der Waals surface area contributed by atoms with Crippen LogP contribution in [0, 0.1) is 11.8 Å². The molecule has 1 aliphatic heterocycles. The highest BCUT2D eigenvalue weighted by molar-refractivity contribution is 5.94. The number of piperidine rings is 1. The Morgan fingerprint density at radius 2 is 1.94 bits per heavy atom. The minimum Gasteiger partial charge on any atom is -0.497 e. The highest BCUT2D eigenvalue weighted by atomic mass is 16.5. The molecule has 2 unspecified atom stereocenters. The van der Waals surface area contributed by atoms with E-state index in [1.807, 2.05) is 29.2 Å². The van der Waals surface area contributed by atoms with Gasteiger partial charge in [0.05, 0.1) is 7.11 Å². The first-order chi connectivity index (χ1) is 8.60. The van der Waals surface area contributed by atoms with Gasteiger partial charge in [-0.05, 0) is 36.5 Å². The van der Waals surface area contributed by atoms with Crippen molar-refractivity contribution in [2.24, 2.45) is 11.8 Å². The molecule has 1 amide bonds. The van der Waals surface area contributed by atoms with Crippen molar-refractivity contribution in [1.29, 1.82) is 0 Å². The summed E-state index contributed by atoms with van der Waals surface area (Å²) in [5.74, 6) is 2.03. The molecule has 1 aromatic carbocycles. The standard InChI is InChI=1S/C15H21NO2/c1-11-7-12(2)10-16(9-11)15(17)13-5-4-6-14(8-13)18-3/h4-6,8,11-12H,7,9-10H2,1-3H3. The third kappa shape index (κ3) is 2.84. The third-order valence-electron chi connectivity index (χ3n) is 3.47. The number of carbonyl (C=O) groups excluding carboxylic acids is 1. The molecule has 3 heteroatoms. The minimum atomic E-state index is 0.118. The van der Waals surface area contributed by atoms with Gasteiger partial charge < -0.3 is 9.64 Å². The van der Waals surface area contributed by atoms with E-state index in [4.69, 9.17) is 4.74 Å². The van der Waals surface area contributed by atoms with E-state index in [2.05, 4.69) is 13.8 Å². The zero-order valence-electron chi connectivity index (χ0n) is 11.3. The van der Waals surface area contributed by atoms with Crippen LogP contribution < -0.4 is 4.74 Å². The summed E-state index contributed by atoms with van der Waals surface area (Å²) in [5.41, 5.74) is 0.718. The number of likely N-dealkylation sites (tertiary alicyclic amines) is 1. The van der Waals surface area contributed by atoms with E-state index < -0.39 is 0 Å². The highest BCUT2D eigenvalue weighted by Crippen LogP contribution is 2.23. The molecule has 0 radical (unpaired) electrons. The van der Waals surface area contributed by atoms with Crippen molar-refractivity contribution in [2.75, 3.05) is 20.2 Å². The Hall–Kier alpha value is -1.51. The molecule has 1 aromatic rings. The Balaban J connectivity index is 2.14. The van der Waals surface area contributed by atoms with Crippen LogP contribution in [-0.4, -0.2) is 31.0 Å². The molecule has 0 saturated carbocycles. The van der Waals surface area contributed by atoms with Gasteiger partial charge in [0.1, 0.15) is 5.75 Å². The van der Waals surface area contributed by atoms with Crippen molar-refractivity contribution in [3.05, 3.63) is 29.8 Å². The van der Waals surface area contributed by atoms with Crippen molar-refractivity contribution >= 4 is 5.91 Å². The number of rotatable bonds is 2. The predicted octanol–water partition coefficient (Wildman–Crippen LogP) is 2.81. The van der Waals surface area contributed by atoms with Crippen molar-refractivity contribution in [3.8, 4) is 5.75 Å². The lowest BCUT2D eigenvalue weighted by molar-refractivity contribution is 0.0623. The summed E-state index contributed by atoms with van der Waals surface area (Å²) in [5, 5.41) is 0. The summed E-state index contributed by atoms with van der Waals surface area (Å²) < 4.78 is 5.16. The van der Waals surface area contributed by atoms with E-state index >= 15 is 0 Å². The Kier molecular flexibility index (Phi) is 3.90. The molecule has 0 N–H and O–H groups in total. The molecule has 0 aromatic heterocycles. The van der Waals surface area contributed by atoms with Gasteiger partial charge in [-0.3, -0.25) is 4.79 Å². The van der Waals surface area contributed by atoms with E-state index in [9.17, 15) is 4.79 Å². The minimum absolute atomic E-state index is 0.118. The van der Waals surface area contributed by atoms with E-state index in [0.717, 1.165) is 24.4 Å². The lowest BCUT2D eigenvalue weighted by atomic mass is 9.91. The average molecular weight is 247 g/mol. The maximum atomic E-state index is 12.4. The molecule has 2 rings (SSSR count). The van der Waals surface area contributed by atoms with Crippen molar-refractivity contribution in [1.82, 2.24) is 4.90 Å². The molecule has 0 bridgehead atoms. The predicted molar refractivity (Wildman–Crippen MR) is 71.8 cm³/mol. The monoisotopic (exact) mass is 247 g/mol. The Labute approximate surface area is 109 Å². The largest absolute Gasteiger partial charge is 0.497 e. The number of hydrogen-bond acceptors (Lipinski definition) is 2. The van der Waals surface area contributed by atoms with Crippen LogP contribution in [0.5, 0.6) is 5.75 Å². The summed E-state index contributed by atoms with van der Waals surface area (Å²) in [6.07, 6.45) is 1.21. The molecule has 1 fully saturated rings. The van der Waals surface area contributed by atoms with Gasteiger partial charge in [0.15, 0.2) is 0 Å². The first kappa shape index (κ1) is 12.9. The van der Waals surface area contributed by atoms with E-state index in [1.165, 1.54) is 6.42 Å². The van der Waals surface area contributed by atoms with Gasteiger partial charge in [-0.1, -0.05) is 19.9 Å². The fourth-order valence-corrected chi connectivity index (χ4v) is 2.77. The number of nitrogens with zero attached hydrogens (tertiary/aromatic N) is 1. The molecule has 18 heavy (non-hydrogen) atoms. The fraction of sp³-hybridized carbons (Fsp3) is 0.533. The summed E-state index contributed by atoms with van der Waals surface area (Å²) in [6, 6.07) is 7.39. The van der Waals surface area contributed by atoms with Gasteiger partial charge in [-0.25, -0.2) is 0 Å². The van der Waals surface area contributed by atoms with Crippen LogP contribution in [0.2, 0.25) is 0 Å². The number of ether oxygens (including phenoxy) is 1. The first-order valence-corrected chi connectivity index (χ1v) is 6.53. The van der Waals surface area contributed by atoms with Crippen molar-refractivity contribution in [3.63, 3.8) is 0 Å². The molecule has 1 heterocycles. The highest BCUT2D eigenvalue weighted by Gasteiger charge is 2.26. The second-order valence-electron chi connectivity index (χ2n) is 5.39. The van der Waals surface area contributed by atoms with Crippen LogP contribution >= 0.6 is 0 Å². The molecule has 0 aliphatic carbocycles. The van der Waals surface area contributed by atoms with Crippen molar-refractivity contribution in [2.45, 2.75) is 20.3 Å². The third-order valence-corrected chi connectivity index (χ3v) is 3.47. The summed E-state index contributed by atoms with van der Waals surface area (Å²) >= 11 is 0. The first-order valence-electron chi connectivity index (χ1n) is 6.53. The lowest BCUT2D eigenvalue weighted by Crippen LogP contribution is -2.42. The fourth-order valence-electron chi connectivity index (χ4n) is 2.77. The smallest absolute Gasteiger partial charge is 0.254 e. The molecule has 1 aliphatic rings. The second-order valence-corrected chi connectivity index (χ2v) is 5.39. The number of benzene rings is 1. The Bertz CT molecular complexity index is 420. The van der Waals surface area contributed by atoms with Gasteiger partial charge in [-0.15, -0.1) is 0 Å². The van der Waals surface area contributed by atoms with E-state index in [1.54, 1.807) is 7.11 Å². The van der Waals surface area contributed by atoms with Crippen LogP contribution in [0.3, 0.4) is 0 Å². The molecule has 0 spiro atoms. The summed E-state index contributed by atoms with van der Waals surface area (Å²) in [4.78, 5) is 14.4. The summed E-state index contributed by atoms with van der Waals surface area (Å²) in [6.45, 7) is 6.14. The maximum absolute atomic E-state index is 12.4. The van der Waals surface area contributed by atoms with Gasteiger partial charge in [0.2, 0.25) is 0 Å². The van der Waals surface area contributed by atoms with Crippen molar-refractivity contribution < 1.29 is 9.53 Å². The Morgan fingerprint density at radius 1 is 1.28 bits per heavy atom. The molecular formula is C15H21NO2. The van der Waals surface area contributed by atoms with Crippen LogP contribution in [-0.2, 0) is 0 Å². The molecular weight excluding hydrogens is 226 g/mol. The molecule has 98 valence electrons. The van der Waals surface area contributed by atoms with Gasteiger partial charge in [0.25, 0.3) is 5.91 Å².